The van der Waals surface area contributed by atoms with Crippen molar-refractivity contribution in [3.63, 3.8) is 0 Å². The number of H-pyrrole nitrogens is 1. The van der Waals surface area contributed by atoms with Crippen LogP contribution in [0.4, 0.5) is 23.7 Å². The molecule has 31 heavy (non-hydrogen) atoms. The molecule has 0 unspecified atom stereocenters. The topological polar surface area (TPSA) is 71.1 Å². The number of fused-ring (bicyclic) bond motifs is 2. The number of carbonyl (C=O) groups is 1. The predicted molar refractivity (Wildman–Crippen MR) is 108 cm³/mol. The molecule has 0 spiro atoms. The molecule has 0 atom stereocenters. The Kier molecular flexibility index (Phi) is 4.46. The number of benzene rings is 1. The van der Waals surface area contributed by atoms with E-state index in [1.165, 1.54) is 7.11 Å². The zero-order valence-corrected chi connectivity index (χ0v) is 16.9. The Balaban J connectivity index is 1.55. The van der Waals surface area contributed by atoms with Crippen molar-refractivity contribution in [3.8, 4) is 0 Å². The second-order valence-electron chi connectivity index (χ2n) is 8.18. The summed E-state index contributed by atoms with van der Waals surface area (Å²) in [4.78, 5) is 25.3. The number of anilines is 1. The van der Waals surface area contributed by atoms with Crippen LogP contribution in [0.1, 0.15) is 48.2 Å². The van der Waals surface area contributed by atoms with Crippen molar-refractivity contribution in [1.29, 1.82) is 0 Å². The fraction of sp³-hybridized carbons (Fsp3) is 0.409. The van der Waals surface area contributed by atoms with Gasteiger partial charge in [-0.1, -0.05) is 18.6 Å². The molecule has 0 radical (unpaired) electrons. The van der Waals surface area contributed by atoms with Gasteiger partial charge in [0.15, 0.2) is 5.65 Å². The van der Waals surface area contributed by atoms with Crippen LogP contribution < -0.4 is 4.90 Å². The minimum atomic E-state index is -4.45. The second-order valence-corrected chi connectivity index (χ2v) is 8.18. The zero-order valence-electron chi connectivity index (χ0n) is 16.9. The number of nitrogens with zero attached hydrogens (tertiary/aromatic N) is 3. The highest BCUT2D eigenvalue weighted by Crippen LogP contribution is 2.49. The van der Waals surface area contributed by atoms with Crippen molar-refractivity contribution in [3.05, 3.63) is 53.0 Å². The first-order chi connectivity index (χ1) is 14.8. The fourth-order valence-electron chi connectivity index (χ4n) is 4.67. The summed E-state index contributed by atoms with van der Waals surface area (Å²) in [6, 6.07) is 7.09. The fourth-order valence-corrected chi connectivity index (χ4v) is 4.67. The molecule has 2 aliphatic rings. The van der Waals surface area contributed by atoms with E-state index in [1.807, 2.05) is 12.1 Å². The number of pyridine rings is 1. The van der Waals surface area contributed by atoms with Crippen LogP contribution in [0.15, 0.2) is 30.5 Å². The van der Waals surface area contributed by atoms with Gasteiger partial charge in [-0.3, -0.25) is 4.90 Å². The van der Waals surface area contributed by atoms with Gasteiger partial charge in [-0.25, -0.2) is 14.8 Å². The van der Waals surface area contributed by atoms with E-state index in [-0.39, 0.29) is 22.7 Å². The van der Waals surface area contributed by atoms with E-state index in [4.69, 9.17) is 4.74 Å². The van der Waals surface area contributed by atoms with Gasteiger partial charge in [-0.05, 0) is 48.9 Å². The van der Waals surface area contributed by atoms with Gasteiger partial charge in [0.2, 0.25) is 0 Å². The Labute approximate surface area is 176 Å². The van der Waals surface area contributed by atoms with Crippen molar-refractivity contribution in [1.82, 2.24) is 15.0 Å². The van der Waals surface area contributed by atoms with Crippen LogP contribution in [0.3, 0.4) is 0 Å². The number of halogens is 3. The van der Waals surface area contributed by atoms with Crippen LogP contribution in [-0.4, -0.2) is 34.7 Å². The van der Waals surface area contributed by atoms with Gasteiger partial charge in [-0.2, -0.15) is 13.2 Å². The van der Waals surface area contributed by atoms with Crippen molar-refractivity contribution in [2.45, 2.75) is 43.7 Å². The lowest BCUT2D eigenvalue weighted by molar-refractivity contribution is -0.137. The molecular weight excluding hydrogens is 409 g/mol. The number of amides is 1. The normalized spacial score (nSPS) is 17.9. The minimum absolute atomic E-state index is 0.282. The van der Waals surface area contributed by atoms with Gasteiger partial charge in [0.1, 0.15) is 5.82 Å². The maximum Gasteiger partial charge on any atom is 0.417 e. The number of ether oxygens (including phenoxy) is 1. The summed E-state index contributed by atoms with van der Waals surface area (Å²) in [6.07, 6.45) is 0.374. The van der Waals surface area contributed by atoms with Gasteiger partial charge >= 0.3 is 12.3 Å². The van der Waals surface area contributed by atoms with E-state index in [0.717, 1.165) is 61.2 Å². The van der Waals surface area contributed by atoms with Gasteiger partial charge in [0.25, 0.3) is 0 Å². The van der Waals surface area contributed by atoms with Crippen LogP contribution in [0.2, 0.25) is 0 Å². The first-order valence-corrected chi connectivity index (χ1v) is 10.2. The highest BCUT2D eigenvalue weighted by Gasteiger charge is 2.44. The number of rotatable bonds is 2. The molecule has 3 heterocycles. The van der Waals surface area contributed by atoms with Gasteiger partial charge in [0.05, 0.1) is 29.3 Å². The van der Waals surface area contributed by atoms with Crippen LogP contribution in [0.25, 0.3) is 11.2 Å². The summed E-state index contributed by atoms with van der Waals surface area (Å²) in [7, 11) is 1.37. The molecule has 0 bridgehead atoms. The summed E-state index contributed by atoms with van der Waals surface area (Å²) in [5.74, 6) is 0.640. The van der Waals surface area contributed by atoms with Crippen molar-refractivity contribution >= 4 is 22.9 Å². The molecule has 162 valence electrons. The molecule has 1 aliphatic heterocycles. The molecule has 1 aromatic carbocycles. The van der Waals surface area contributed by atoms with Crippen LogP contribution >= 0.6 is 0 Å². The minimum Gasteiger partial charge on any atom is -0.452 e. The third-order valence-corrected chi connectivity index (χ3v) is 6.47. The van der Waals surface area contributed by atoms with Crippen LogP contribution in [0.5, 0.6) is 0 Å². The average Bonchev–Trinajstić information content (AvgIpc) is 3.14. The van der Waals surface area contributed by atoms with Gasteiger partial charge < -0.3 is 9.72 Å². The molecule has 1 saturated carbocycles. The molecule has 2 aromatic heterocycles. The number of carbonyl (C=O) groups excluding carboxylic acids is 1. The predicted octanol–water partition coefficient (Wildman–Crippen LogP) is 4.97. The van der Waals surface area contributed by atoms with Crippen LogP contribution in [-0.2, 0) is 22.7 Å². The number of imidazole rings is 1. The summed E-state index contributed by atoms with van der Waals surface area (Å²) >= 11 is 0. The molecule has 1 fully saturated rings. The average molecular weight is 430 g/mol. The summed E-state index contributed by atoms with van der Waals surface area (Å²) in [6.45, 7) is 0.612. The van der Waals surface area contributed by atoms with E-state index < -0.39 is 11.7 Å². The van der Waals surface area contributed by atoms with E-state index >= 15 is 0 Å². The third-order valence-electron chi connectivity index (χ3n) is 6.47. The largest absolute Gasteiger partial charge is 0.452 e. The maximum absolute atomic E-state index is 13.1. The lowest BCUT2D eigenvalue weighted by Crippen LogP contribution is -2.38. The Morgan fingerprint density at radius 3 is 2.71 bits per heavy atom. The van der Waals surface area contributed by atoms with E-state index in [0.29, 0.717) is 12.4 Å². The summed E-state index contributed by atoms with van der Waals surface area (Å²) in [5, 5.41) is 0. The van der Waals surface area contributed by atoms with Crippen molar-refractivity contribution < 1.29 is 22.7 Å². The maximum atomic E-state index is 13.1. The lowest BCUT2D eigenvalue weighted by atomic mass is 9.63. The number of alkyl halides is 3. The number of aromatic amines is 1. The molecule has 0 saturated heterocycles. The molecule has 1 N–H and O–H groups in total. The number of methoxy groups -OCH3 is 1. The first-order valence-electron chi connectivity index (χ1n) is 10.2. The monoisotopic (exact) mass is 430 g/mol. The highest BCUT2D eigenvalue weighted by molar-refractivity contribution is 5.89. The summed E-state index contributed by atoms with van der Waals surface area (Å²) in [5.41, 5.74) is 2.34. The number of aryl methyl sites for hydroxylation is 1. The van der Waals surface area contributed by atoms with Gasteiger partial charge in [0, 0.05) is 12.7 Å². The lowest BCUT2D eigenvalue weighted by Gasteiger charge is -2.41. The van der Waals surface area contributed by atoms with E-state index in [1.54, 1.807) is 4.90 Å². The Bertz CT molecular complexity index is 1170. The standard InChI is InChI=1S/C22H21F3N4O2/c1-31-20(30)29-9-2-4-13-10-14(5-6-17(13)29)21(7-3-8-21)19-27-16-11-15(22(23,24)25)12-26-18(16)28-19/h5-6,10-12H,2-4,7-9H2,1H3,(H,26,27,28). The van der Waals surface area contributed by atoms with E-state index in [9.17, 15) is 18.0 Å². The van der Waals surface area contributed by atoms with Crippen molar-refractivity contribution in [2.75, 3.05) is 18.6 Å². The number of aromatic nitrogens is 3. The Morgan fingerprint density at radius 1 is 1.23 bits per heavy atom. The molecule has 5 rings (SSSR count). The molecule has 6 nitrogen and oxygen atoms in total. The first kappa shape index (κ1) is 19.8. The zero-order chi connectivity index (χ0) is 21.8. The quantitative estimate of drug-likeness (QED) is 0.624. The highest BCUT2D eigenvalue weighted by atomic mass is 19.4. The van der Waals surface area contributed by atoms with Crippen molar-refractivity contribution in [2.24, 2.45) is 0 Å². The second kappa shape index (κ2) is 6.96. The molecule has 1 amide bonds. The van der Waals surface area contributed by atoms with Gasteiger partial charge in [-0.15, -0.1) is 0 Å². The third kappa shape index (κ3) is 3.14. The van der Waals surface area contributed by atoms with Crippen LogP contribution in [0, 0.1) is 0 Å². The van der Waals surface area contributed by atoms with E-state index in [2.05, 4.69) is 21.0 Å². The molecular formula is C22H21F3N4O2. The molecule has 3 aromatic rings. The number of hydrogen-bond donors (Lipinski definition) is 1. The number of hydrogen-bond acceptors (Lipinski definition) is 4. The molecule has 1 aliphatic carbocycles. The smallest absolute Gasteiger partial charge is 0.417 e. The molecule has 9 heteroatoms. The number of nitrogens with one attached hydrogen (secondary N) is 1. The summed E-state index contributed by atoms with van der Waals surface area (Å²) < 4.78 is 44.1. The SMILES string of the molecule is COC(=O)N1CCCc2cc(C3(c4nc5ncc(C(F)(F)F)cc5[nH]4)CCC3)ccc21. The Morgan fingerprint density at radius 2 is 2.03 bits per heavy atom. The Hall–Kier alpha value is -3.10.